The first-order chi connectivity index (χ1) is 10.0. The average molecular weight is 289 g/mol. The summed E-state index contributed by atoms with van der Waals surface area (Å²) in [5, 5.41) is 9.06. The molecule has 0 aliphatic heterocycles. The van der Waals surface area contributed by atoms with E-state index in [-0.39, 0.29) is 12.5 Å². The highest BCUT2D eigenvalue weighted by Crippen LogP contribution is 2.45. The maximum absolute atomic E-state index is 13.0. The summed E-state index contributed by atoms with van der Waals surface area (Å²) in [6.45, 7) is 4.38. The molecule has 1 amide bonds. The van der Waals surface area contributed by atoms with Gasteiger partial charge in [0.2, 0.25) is 5.91 Å². The van der Waals surface area contributed by atoms with E-state index in [0.29, 0.717) is 6.54 Å². The molecule has 0 heterocycles. The highest BCUT2D eigenvalue weighted by Gasteiger charge is 2.47. The van der Waals surface area contributed by atoms with Gasteiger partial charge < -0.3 is 10.0 Å². The third-order valence-corrected chi connectivity index (χ3v) is 4.53. The molecule has 4 heteroatoms. The van der Waals surface area contributed by atoms with Crippen molar-refractivity contribution < 1.29 is 14.7 Å². The smallest absolute Gasteiger partial charge is 0.308 e. The predicted octanol–water partition coefficient (Wildman–Crippen LogP) is 2.68. The quantitative estimate of drug-likeness (QED) is 0.876. The van der Waals surface area contributed by atoms with Gasteiger partial charge in [0.15, 0.2) is 0 Å². The number of amides is 1. The lowest BCUT2D eigenvalue weighted by Crippen LogP contribution is -2.52. The van der Waals surface area contributed by atoms with Gasteiger partial charge in [0.1, 0.15) is 0 Å². The summed E-state index contributed by atoms with van der Waals surface area (Å²) >= 11 is 0. The number of rotatable bonds is 6. The first-order valence-electron chi connectivity index (χ1n) is 7.59. The monoisotopic (exact) mass is 289 g/mol. The van der Waals surface area contributed by atoms with E-state index < -0.39 is 17.3 Å². The first-order valence-corrected chi connectivity index (χ1v) is 7.59. The van der Waals surface area contributed by atoms with Gasteiger partial charge in [0, 0.05) is 13.1 Å². The molecule has 2 rings (SSSR count). The van der Waals surface area contributed by atoms with E-state index in [9.17, 15) is 9.59 Å². The summed E-state index contributed by atoms with van der Waals surface area (Å²) in [4.78, 5) is 25.7. The van der Waals surface area contributed by atoms with Gasteiger partial charge in [-0.25, -0.2) is 0 Å². The van der Waals surface area contributed by atoms with Gasteiger partial charge >= 0.3 is 5.97 Å². The molecule has 1 atom stereocenters. The zero-order valence-corrected chi connectivity index (χ0v) is 12.7. The van der Waals surface area contributed by atoms with Crippen LogP contribution in [0.25, 0.3) is 0 Å². The van der Waals surface area contributed by atoms with Gasteiger partial charge in [-0.1, -0.05) is 43.7 Å². The lowest BCUT2D eigenvalue weighted by molar-refractivity contribution is -0.146. The standard InChI is InChI=1S/C17H23NO3/c1-3-18(12-13(2)15(19)20)16(21)17(10-7-11-17)14-8-5-4-6-9-14/h4-6,8-9,13H,3,7,10-12H2,1-2H3,(H,19,20). The number of nitrogens with zero attached hydrogens (tertiary/aromatic N) is 1. The molecule has 1 aliphatic rings. The topological polar surface area (TPSA) is 57.6 Å². The molecule has 1 unspecified atom stereocenters. The number of aliphatic carboxylic acids is 1. The molecule has 4 nitrogen and oxygen atoms in total. The highest BCUT2D eigenvalue weighted by molar-refractivity contribution is 5.89. The Morgan fingerprint density at radius 2 is 1.90 bits per heavy atom. The van der Waals surface area contributed by atoms with E-state index in [1.165, 1.54) is 0 Å². The summed E-state index contributed by atoms with van der Waals surface area (Å²) in [5.41, 5.74) is 0.623. The molecule has 1 aromatic carbocycles. The van der Waals surface area contributed by atoms with Gasteiger partial charge in [-0.15, -0.1) is 0 Å². The van der Waals surface area contributed by atoms with Crippen LogP contribution in [0.1, 0.15) is 38.7 Å². The third kappa shape index (κ3) is 2.94. The molecule has 1 aromatic rings. The number of hydrogen-bond acceptors (Lipinski definition) is 2. The molecule has 114 valence electrons. The number of carbonyl (C=O) groups excluding carboxylic acids is 1. The predicted molar refractivity (Wildman–Crippen MR) is 81.0 cm³/mol. The van der Waals surface area contributed by atoms with Crippen molar-refractivity contribution >= 4 is 11.9 Å². The fourth-order valence-corrected chi connectivity index (χ4v) is 2.98. The van der Waals surface area contributed by atoms with E-state index in [4.69, 9.17) is 5.11 Å². The second-order valence-electron chi connectivity index (χ2n) is 5.88. The van der Waals surface area contributed by atoms with Crippen LogP contribution in [0.5, 0.6) is 0 Å². The third-order valence-electron chi connectivity index (χ3n) is 4.53. The van der Waals surface area contributed by atoms with Crippen molar-refractivity contribution in [2.45, 2.75) is 38.5 Å². The lowest BCUT2D eigenvalue weighted by Gasteiger charge is -2.44. The van der Waals surface area contributed by atoms with Gasteiger partial charge in [-0.05, 0) is 25.3 Å². The second kappa shape index (κ2) is 6.29. The lowest BCUT2D eigenvalue weighted by atomic mass is 9.63. The minimum Gasteiger partial charge on any atom is -0.481 e. The Labute approximate surface area is 125 Å². The minimum absolute atomic E-state index is 0.0792. The molecular weight excluding hydrogens is 266 g/mol. The summed E-state index contributed by atoms with van der Waals surface area (Å²) < 4.78 is 0. The van der Waals surface area contributed by atoms with Crippen molar-refractivity contribution in [1.82, 2.24) is 4.90 Å². The van der Waals surface area contributed by atoms with Crippen LogP contribution < -0.4 is 0 Å². The molecule has 0 spiro atoms. The van der Waals surface area contributed by atoms with E-state index >= 15 is 0 Å². The molecular formula is C17H23NO3. The van der Waals surface area contributed by atoms with Gasteiger partial charge in [0.05, 0.1) is 11.3 Å². The number of carbonyl (C=O) groups is 2. The molecule has 0 bridgehead atoms. The number of hydrogen-bond donors (Lipinski definition) is 1. The molecule has 0 aromatic heterocycles. The molecule has 1 aliphatic carbocycles. The van der Waals surface area contributed by atoms with Crippen molar-refractivity contribution in [2.75, 3.05) is 13.1 Å². The fraction of sp³-hybridized carbons (Fsp3) is 0.529. The Morgan fingerprint density at radius 3 is 2.33 bits per heavy atom. The molecule has 21 heavy (non-hydrogen) atoms. The van der Waals surface area contributed by atoms with Crippen LogP contribution in [0.3, 0.4) is 0 Å². The average Bonchev–Trinajstić information content (AvgIpc) is 2.44. The van der Waals surface area contributed by atoms with Crippen LogP contribution >= 0.6 is 0 Å². The zero-order valence-electron chi connectivity index (χ0n) is 12.7. The van der Waals surface area contributed by atoms with Crippen LogP contribution in [0.4, 0.5) is 0 Å². The summed E-state index contributed by atoms with van der Waals surface area (Å²) in [5.74, 6) is -1.32. The number of likely N-dealkylation sites (N-methyl/N-ethyl adjacent to an activating group) is 1. The normalized spacial score (nSPS) is 17.6. The van der Waals surface area contributed by atoms with Crippen molar-refractivity contribution in [3.05, 3.63) is 35.9 Å². The SMILES string of the molecule is CCN(CC(C)C(=O)O)C(=O)C1(c2ccccc2)CCC1. The van der Waals surface area contributed by atoms with Crippen LogP contribution in [0, 0.1) is 5.92 Å². The van der Waals surface area contributed by atoms with Crippen LogP contribution in [0.15, 0.2) is 30.3 Å². The maximum Gasteiger partial charge on any atom is 0.308 e. The van der Waals surface area contributed by atoms with Gasteiger partial charge in [-0.2, -0.15) is 0 Å². The second-order valence-corrected chi connectivity index (χ2v) is 5.88. The Bertz CT molecular complexity index is 508. The summed E-state index contributed by atoms with van der Waals surface area (Å²) in [6.07, 6.45) is 2.76. The minimum atomic E-state index is -0.858. The molecule has 1 N–H and O–H groups in total. The maximum atomic E-state index is 13.0. The Kier molecular flexibility index (Phi) is 4.66. The molecule has 0 radical (unpaired) electrons. The Morgan fingerprint density at radius 1 is 1.29 bits per heavy atom. The van der Waals surface area contributed by atoms with Gasteiger partial charge in [-0.3, -0.25) is 9.59 Å². The zero-order chi connectivity index (χ0) is 15.5. The molecule has 1 fully saturated rings. The van der Waals surface area contributed by atoms with Crippen LogP contribution in [-0.2, 0) is 15.0 Å². The van der Waals surface area contributed by atoms with E-state index in [0.717, 1.165) is 24.8 Å². The first kappa shape index (κ1) is 15.5. The summed E-state index contributed by atoms with van der Waals surface area (Å²) in [6, 6.07) is 9.87. The Hall–Kier alpha value is -1.84. The van der Waals surface area contributed by atoms with Gasteiger partial charge in [0.25, 0.3) is 0 Å². The number of benzene rings is 1. The number of carboxylic acid groups (broad SMARTS) is 1. The van der Waals surface area contributed by atoms with Crippen molar-refractivity contribution in [1.29, 1.82) is 0 Å². The highest BCUT2D eigenvalue weighted by atomic mass is 16.4. The Balaban J connectivity index is 2.21. The van der Waals surface area contributed by atoms with Crippen molar-refractivity contribution in [3.63, 3.8) is 0 Å². The largest absolute Gasteiger partial charge is 0.481 e. The van der Waals surface area contributed by atoms with Crippen LogP contribution in [0.2, 0.25) is 0 Å². The molecule has 1 saturated carbocycles. The molecule has 0 saturated heterocycles. The van der Waals surface area contributed by atoms with E-state index in [2.05, 4.69) is 0 Å². The van der Waals surface area contributed by atoms with Crippen LogP contribution in [-0.4, -0.2) is 35.0 Å². The van der Waals surface area contributed by atoms with E-state index in [1.54, 1.807) is 11.8 Å². The van der Waals surface area contributed by atoms with E-state index in [1.807, 2.05) is 37.3 Å². The fourth-order valence-electron chi connectivity index (χ4n) is 2.98. The van der Waals surface area contributed by atoms with Crippen molar-refractivity contribution in [3.8, 4) is 0 Å². The number of carboxylic acids is 1. The van der Waals surface area contributed by atoms with Crippen molar-refractivity contribution in [2.24, 2.45) is 5.92 Å². The summed E-state index contributed by atoms with van der Waals surface area (Å²) in [7, 11) is 0.